The molecular formula is C22H19N3O2S2. The predicted octanol–water partition coefficient (Wildman–Crippen LogP) is 5.51. The molecule has 0 spiro atoms. The lowest BCUT2D eigenvalue weighted by Crippen LogP contribution is -2.02. The number of aromatic nitrogens is 1. The first-order chi connectivity index (χ1) is 14.2. The van der Waals surface area contributed by atoms with Crippen LogP contribution in [0, 0.1) is 22.7 Å². The van der Waals surface area contributed by atoms with E-state index in [1.807, 2.05) is 30.5 Å². The minimum absolute atomic E-state index is 0.605. The Hall–Kier alpha value is -3.00. The van der Waals surface area contributed by atoms with Gasteiger partial charge in [0.05, 0.1) is 29.7 Å². The van der Waals surface area contributed by atoms with E-state index in [2.05, 4.69) is 16.5 Å². The maximum atomic E-state index is 9.37. The Labute approximate surface area is 178 Å². The third-order valence-electron chi connectivity index (χ3n) is 4.14. The molecule has 0 saturated carbocycles. The number of nitriles is 2. The number of thioether (sulfide) groups is 1. The summed E-state index contributed by atoms with van der Waals surface area (Å²) in [5, 5.41) is 18.9. The SMILES string of the molecule is CSc1nsc(-c2ccc(OCCCCOc3ccc(C#N)cc3)cc2)c1C#N. The van der Waals surface area contributed by atoms with Crippen molar-refractivity contribution < 1.29 is 9.47 Å². The Bertz CT molecular complexity index is 1020. The van der Waals surface area contributed by atoms with E-state index in [1.165, 1.54) is 23.3 Å². The van der Waals surface area contributed by atoms with Gasteiger partial charge in [0.1, 0.15) is 28.2 Å². The van der Waals surface area contributed by atoms with Crippen molar-refractivity contribution in [2.75, 3.05) is 19.5 Å². The molecule has 146 valence electrons. The quantitative estimate of drug-likeness (QED) is 0.335. The molecule has 3 aromatic rings. The molecule has 0 bridgehead atoms. The van der Waals surface area contributed by atoms with Gasteiger partial charge < -0.3 is 9.47 Å². The van der Waals surface area contributed by atoms with Crippen LogP contribution in [0.1, 0.15) is 24.0 Å². The minimum atomic E-state index is 0.605. The van der Waals surface area contributed by atoms with Crippen LogP contribution in [0.25, 0.3) is 10.4 Å². The second-order valence-corrected chi connectivity index (χ2v) is 7.64. The Morgan fingerprint density at radius 3 is 2.00 bits per heavy atom. The second-order valence-electron chi connectivity index (χ2n) is 6.07. The van der Waals surface area contributed by atoms with Gasteiger partial charge in [0.2, 0.25) is 0 Å². The summed E-state index contributed by atoms with van der Waals surface area (Å²) >= 11 is 2.83. The van der Waals surface area contributed by atoms with Crippen LogP contribution in [-0.2, 0) is 0 Å². The molecule has 0 amide bonds. The van der Waals surface area contributed by atoms with Gasteiger partial charge in [-0.3, -0.25) is 0 Å². The van der Waals surface area contributed by atoms with Crippen molar-refractivity contribution >= 4 is 23.3 Å². The molecule has 0 aliphatic heterocycles. The molecule has 0 aliphatic rings. The Balaban J connectivity index is 1.42. The van der Waals surface area contributed by atoms with E-state index in [0.717, 1.165) is 39.8 Å². The smallest absolute Gasteiger partial charge is 0.128 e. The van der Waals surface area contributed by atoms with Crippen molar-refractivity contribution in [1.82, 2.24) is 4.37 Å². The van der Waals surface area contributed by atoms with Crippen LogP contribution < -0.4 is 9.47 Å². The molecule has 3 rings (SSSR count). The number of nitrogens with zero attached hydrogens (tertiary/aromatic N) is 3. The predicted molar refractivity (Wildman–Crippen MR) is 115 cm³/mol. The fourth-order valence-corrected chi connectivity index (χ4v) is 4.19. The van der Waals surface area contributed by atoms with Crippen molar-refractivity contribution in [1.29, 1.82) is 10.5 Å². The van der Waals surface area contributed by atoms with E-state index < -0.39 is 0 Å². The highest BCUT2D eigenvalue weighted by Gasteiger charge is 2.14. The van der Waals surface area contributed by atoms with E-state index in [-0.39, 0.29) is 0 Å². The van der Waals surface area contributed by atoms with Gasteiger partial charge in [-0.25, -0.2) is 0 Å². The van der Waals surface area contributed by atoms with Gasteiger partial charge in [-0.05, 0) is 84.7 Å². The monoisotopic (exact) mass is 421 g/mol. The lowest BCUT2D eigenvalue weighted by atomic mass is 10.1. The summed E-state index contributed by atoms with van der Waals surface area (Å²) in [6, 6.07) is 19.2. The van der Waals surface area contributed by atoms with E-state index in [1.54, 1.807) is 24.3 Å². The van der Waals surface area contributed by atoms with Crippen molar-refractivity contribution in [3.63, 3.8) is 0 Å². The number of benzene rings is 2. The Morgan fingerprint density at radius 2 is 1.48 bits per heavy atom. The molecule has 0 atom stereocenters. The third kappa shape index (κ3) is 5.51. The van der Waals surface area contributed by atoms with Gasteiger partial charge in [-0.2, -0.15) is 14.9 Å². The van der Waals surface area contributed by atoms with Crippen LogP contribution in [0.2, 0.25) is 0 Å². The van der Waals surface area contributed by atoms with Crippen LogP contribution in [0.5, 0.6) is 11.5 Å². The number of ether oxygens (including phenoxy) is 2. The topological polar surface area (TPSA) is 78.9 Å². The molecule has 0 fully saturated rings. The molecule has 0 N–H and O–H groups in total. The number of rotatable bonds is 9. The van der Waals surface area contributed by atoms with Gasteiger partial charge in [-0.1, -0.05) is 0 Å². The van der Waals surface area contributed by atoms with Crippen molar-refractivity contribution in [2.24, 2.45) is 0 Å². The van der Waals surface area contributed by atoms with Crippen LogP contribution in [0.4, 0.5) is 0 Å². The van der Waals surface area contributed by atoms with E-state index in [4.69, 9.17) is 14.7 Å². The van der Waals surface area contributed by atoms with Gasteiger partial charge in [0.25, 0.3) is 0 Å². The molecule has 7 heteroatoms. The zero-order valence-corrected chi connectivity index (χ0v) is 17.6. The molecule has 0 unspecified atom stereocenters. The standard InChI is InChI=1S/C22H19N3O2S2/c1-28-22-20(15-24)21(29-25-22)17-6-10-19(11-7-17)27-13-3-2-12-26-18-8-4-16(14-23)5-9-18/h4-11H,2-3,12-13H2,1H3. The minimum Gasteiger partial charge on any atom is -0.494 e. The van der Waals surface area contributed by atoms with Crippen molar-refractivity contribution in [2.45, 2.75) is 17.9 Å². The molecular weight excluding hydrogens is 402 g/mol. The maximum absolute atomic E-state index is 9.37. The number of hydrogen-bond acceptors (Lipinski definition) is 7. The van der Waals surface area contributed by atoms with Crippen LogP contribution in [-0.4, -0.2) is 23.8 Å². The first-order valence-corrected chi connectivity index (χ1v) is 11.0. The van der Waals surface area contributed by atoms with Gasteiger partial charge in [-0.15, -0.1) is 11.8 Å². The molecule has 5 nitrogen and oxygen atoms in total. The van der Waals surface area contributed by atoms with Gasteiger partial charge in [0, 0.05) is 0 Å². The largest absolute Gasteiger partial charge is 0.494 e. The lowest BCUT2D eigenvalue weighted by molar-refractivity contribution is 0.266. The highest BCUT2D eigenvalue weighted by atomic mass is 32.2. The fourth-order valence-electron chi connectivity index (χ4n) is 2.62. The maximum Gasteiger partial charge on any atom is 0.128 e. The molecule has 0 saturated heterocycles. The summed E-state index contributed by atoms with van der Waals surface area (Å²) in [6.07, 6.45) is 3.68. The average molecular weight is 422 g/mol. The molecule has 2 aromatic carbocycles. The van der Waals surface area contributed by atoms with Gasteiger partial charge >= 0.3 is 0 Å². The second kappa shape index (κ2) is 10.5. The summed E-state index contributed by atoms with van der Waals surface area (Å²) < 4.78 is 15.8. The number of unbranched alkanes of at least 4 members (excludes halogenated alkanes) is 1. The van der Waals surface area contributed by atoms with Crippen molar-refractivity contribution in [3.05, 3.63) is 59.7 Å². The van der Waals surface area contributed by atoms with Crippen LogP contribution >= 0.6 is 23.3 Å². The van der Waals surface area contributed by atoms with Crippen LogP contribution in [0.15, 0.2) is 53.6 Å². The zero-order chi connectivity index (χ0) is 20.5. The molecule has 0 aliphatic carbocycles. The molecule has 1 heterocycles. The van der Waals surface area contributed by atoms with Gasteiger partial charge in [0.15, 0.2) is 0 Å². The third-order valence-corrected chi connectivity index (χ3v) is 5.84. The summed E-state index contributed by atoms with van der Waals surface area (Å²) in [7, 11) is 0. The average Bonchev–Trinajstić information content (AvgIpc) is 3.20. The molecule has 29 heavy (non-hydrogen) atoms. The van der Waals surface area contributed by atoms with E-state index in [9.17, 15) is 5.26 Å². The summed E-state index contributed by atoms with van der Waals surface area (Å²) in [5.74, 6) is 1.57. The summed E-state index contributed by atoms with van der Waals surface area (Å²) in [5.41, 5.74) is 2.24. The Morgan fingerprint density at radius 1 is 0.897 bits per heavy atom. The normalized spacial score (nSPS) is 10.2. The van der Waals surface area contributed by atoms with E-state index in [0.29, 0.717) is 24.3 Å². The highest BCUT2D eigenvalue weighted by Crippen LogP contribution is 2.34. The fraction of sp³-hybridized carbons (Fsp3) is 0.227. The van der Waals surface area contributed by atoms with Crippen LogP contribution in [0.3, 0.4) is 0 Å². The summed E-state index contributed by atoms with van der Waals surface area (Å²) in [4.78, 5) is 0.892. The zero-order valence-electron chi connectivity index (χ0n) is 15.9. The first kappa shape index (κ1) is 20.7. The molecule has 1 aromatic heterocycles. The van der Waals surface area contributed by atoms with Crippen molar-refractivity contribution in [3.8, 4) is 34.1 Å². The molecule has 0 radical (unpaired) electrons. The first-order valence-electron chi connectivity index (χ1n) is 9.05. The Kier molecular flexibility index (Phi) is 7.52. The highest BCUT2D eigenvalue weighted by molar-refractivity contribution is 7.98. The summed E-state index contributed by atoms with van der Waals surface area (Å²) in [6.45, 7) is 1.21. The lowest BCUT2D eigenvalue weighted by Gasteiger charge is -2.08. The van der Waals surface area contributed by atoms with E-state index >= 15 is 0 Å². The number of hydrogen-bond donors (Lipinski definition) is 0.